The lowest BCUT2D eigenvalue weighted by atomic mass is 10.00. The molecule has 1 aromatic carbocycles. The Morgan fingerprint density at radius 1 is 0.621 bits per heavy atom. The van der Waals surface area contributed by atoms with E-state index in [1.807, 2.05) is 18.2 Å². The zero-order valence-corrected chi connectivity index (χ0v) is 19.1. The fourth-order valence-corrected chi connectivity index (χ4v) is 4.16. The largest absolute Gasteiger partial charge is 0.478 e. The van der Waals surface area contributed by atoms with E-state index in [2.05, 4.69) is 6.92 Å². The van der Waals surface area contributed by atoms with Crippen LogP contribution in [0, 0.1) is 0 Å². The third-order valence-corrected chi connectivity index (χ3v) is 6.05. The van der Waals surface area contributed by atoms with Crippen LogP contribution in [0.5, 0.6) is 0 Å². The van der Waals surface area contributed by atoms with E-state index in [-0.39, 0.29) is 0 Å². The fraction of sp³-hybridized carbons (Fsp3) is 0.741. The van der Waals surface area contributed by atoms with Crippen molar-refractivity contribution in [2.24, 2.45) is 0 Å². The van der Waals surface area contributed by atoms with Crippen molar-refractivity contribution < 1.29 is 9.90 Å². The fourth-order valence-electron chi connectivity index (χ4n) is 4.16. The molecule has 29 heavy (non-hydrogen) atoms. The average Bonchev–Trinajstić information content (AvgIpc) is 2.73. The van der Waals surface area contributed by atoms with Gasteiger partial charge in [-0.2, -0.15) is 0 Å². The molecule has 1 rings (SSSR count). The maximum absolute atomic E-state index is 11.2. The molecular weight excluding hydrogens is 356 g/mol. The number of benzene rings is 1. The Morgan fingerprint density at radius 2 is 1.00 bits per heavy atom. The van der Waals surface area contributed by atoms with Gasteiger partial charge in [0.05, 0.1) is 5.56 Å². The van der Waals surface area contributed by atoms with Crippen LogP contribution in [0.4, 0.5) is 0 Å². The van der Waals surface area contributed by atoms with E-state index in [1.54, 1.807) is 6.07 Å². The van der Waals surface area contributed by atoms with Crippen LogP contribution in [0.3, 0.4) is 0 Å². The summed E-state index contributed by atoms with van der Waals surface area (Å²) in [4.78, 5) is 11.2. The van der Waals surface area contributed by atoms with Gasteiger partial charge in [0.2, 0.25) is 0 Å². The van der Waals surface area contributed by atoms with Gasteiger partial charge in [0.25, 0.3) is 0 Å². The van der Waals surface area contributed by atoms with Gasteiger partial charge in [0, 0.05) is 0 Å². The van der Waals surface area contributed by atoms with Gasteiger partial charge in [0.1, 0.15) is 0 Å². The molecule has 0 unspecified atom stereocenters. The molecule has 0 aliphatic carbocycles. The van der Waals surface area contributed by atoms with Gasteiger partial charge in [-0.25, -0.2) is 4.79 Å². The Labute approximate surface area is 180 Å². The number of unbranched alkanes of at least 4 members (excludes halogenated alkanes) is 17. The smallest absolute Gasteiger partial charge is 0.335 e. The maximum Gasteiger partial charge on any atom is 0.335 e. The molecule has 166 valence electrons. The normalized spacial score (nSPS) is 11.1. The molecule has 1 N–H and O–H groups in total. The Bertz CT molecular complexity index is 509. The Morgan fingerprint density at radius 3 is 1.41 bits per heavy atom. The molecule has 2 heteroatoms. The van der Waals surface area contributed by atoms with Crippen molar-refractivity contribution in [2.45, 2.75) is 129 Å². The Kier molecular flexibility index (Phi) is 16.6. The summed E-state index contributed by atoms with van der Waals surface area (Å²) in [5.74, 6) is -0.803. The first-order chi connectivity index (χ1) is 14.3. The predicted octanol–water partition coefficient (Wildman–Crippen LogP) is 8.97. The van der Waals surface area contributed by atoms with Crippen molar-refractivity contribution in [1.29, 1.82) is 0 Å². The van der Waals surface area contributed by atoms with Crippen molar-refractivity contribution in [3.8, 4) is 0 Å². The molecule has 0 radical (unpaired) electrons. The van der Waals surface area contributed by atoms with Crippen LogP contribution in [0.2, 0.25) is 0 Å². The van der Waals surface area contributed by atoms with Crippen LogP contribution in [0.15, 0.2) is 24.3 Å². The molecule has 0 spiro atoms. The zero-order chi connectivity index (χ0) is 21.0. The summed E-state index contributed by atoms with van der Waals surface area (Å²) in [6, 6.07) is 7.42. The van der Waals surface area contributed by atoms with Gasteiger partial charge < -0.3 is 5.11 Å². The summed E-state index contributed by atoms with van der Waals surface area (Å²) in [5, 5.41) is 9.22. The molecule has 0 aromatic heterocycles. The number of aromatic carboxylic acids is 1. The summed E-state index contributed by atoms with van der Waals surface area (Å²) in [7, 11) is 0. The van der Waals surface area contributed by atoms with Crippen molar-refractivity contribution >= 4 is 5.97 Å². The lowest BCUT2D eigenvalue weighted by Crippen LogP contribution is -2.02. The Hall–Kier alpha value is -1.31. The highest BCUT2D eigenvalue weighted by Crippen LogP contribution is 2.16. The van der Waals surface area contributed by atoms with Crippen molar-refractivity contribution in [2.75, 3.05) is 0 Å². The van der Waals surface area contributed by atoms with Gasteiger partial charge in [-0.05, 0) is 24.5 Å². The molecule has 0 saturated carbocycles. The van der Waals surface area contributed by atoms with Gasteiger partial charge >= 0.3 is 5.97 Å². The zero-order valence-electron chi connectivity index (χ0n) is 19.1. The summed E-state index contributed by atoms with van der Waals surface area (Å²) in [6.45, 7) is 2.28. The van der Waals surface area contributed by atoms with Crippen molar-refractivity contribution in [3.63, 3.8) is 0 Å². The minimum atomic E-state index is -0.803. The molecule has 0 aliphatic heterocycles. The molecule has 1 aromatic rings. The van der Waals surface area contributed by atoms with E-state index in [9.17, 15) is 9.90 Å². The van der Waals surface area contributed by atoms with Crippen molar-refractivity contribution in [1.82, 2.24) is 0 Å². The number of carboxylic acids is 1. The average molecular weight is 403 g/mol. The summed E-state index contributed by atoms with van der Waals surface area (Å²) < 4.78 is 0. The molecule has 0 heterocycles. The predicted molar refractivity (Wildman–Crippen MR) is 126 cm³/mol. The molecule has 0 aliphatic rings. The number of carboxylic acid groups (broad SMARTS) is 1. The first-order valence-corrected chi connectivity index (χ1v) is 12.6. The minimum absolute atomic E-state index is 0.472. The van der Waals surface area contributed by atoms with Crippen LogP contribution in [-0.2, 0) is 6.42 Å². The third kappa shape index (κ3) is 14.3. The third-order valence-electron chi connectivity index (χ3n) is 6.05. The highest BCUT2D eigenvalue weighted by molar-refractivity contribution is 5.89. The van der Waals surface area contributed by atoms with Crippen LogP contribution in [-0.4, -0.2) is 11.1 Å². The number of rotatable bonds is 20. The molecular formula is C27H46O2. The van der Waals surface area contributed by atoms with E-state index in [1.165, 1.54) is 109 Å². The van der Waals surface area contributed by atoms with E-state index >= 15 is 0 Å². The lowest BCUT2D eigenvalue weighted by Gasteiger charge is -2.06. The monoisotopic (exact) mass is 402 g/mol. The van der Waals surface area contributed by atoms with Gasteiger partial charge in [-0.3, -0.25) is 0 Å². The lowest BCUT2D eigenvalue weighted by molar-refractivity contribution is 0.0695. The van der Waals surface area contributed by atoms with Gasteiger partial charge in [0.15, 0.2) is 0 Å². The van der Waals surface area contributed by atoms with E-state index in [4.69, 9.17) is 0 Å². The second kappa shape index (κ2) is 18.7. The highest BCUT2D eigenvalue weighted by atomic mass is 16.4. The molecule has 2 nitrogen and oxygen atoms in total. The second-order valence-corrected chi connectivity index (χ2v) is 8.72. The quantitative estimate of drug-likeness (QED) is 0.221. The number of hydrogen-bond donors (Lipinski definition) is 1. The molecule has 0 saturated heterocycles. The van der Waals surface area contributed by atoms with Crippen molar-refractivity contribution in [3.05, 3.63) is 35.4 Å². The first kappa shape index (κ1) is 25.7. The number of hydrogen-bond acceptors (Lipinski definition) is 1. The van der Waals surface area contributed by atoms with Crippen LogP contribution in [0.1, 0.15) is 138 Å². The first-order valence-electron chi connectivity index (χ1n) is 12.6. The van der Waals surface area contributed by atoms with Crippen LogP contribution in [0.25, 0.3) is 0 Å². The summed E-state index contributed by atoms with van der Waals surface area (Å²) in [6.07, 6.45) is 25.7. The molecule has 0 atom stereocenters. The van der Waals surface area contributed by atoms with Gasteiger partial charge in [-0.15, -0.1) is 0 Å². The van der Waals surface area contributed by atoms with E-state index < -0.39 is 5.97 Å². The van der Waals surface area contributed by atoms with Crippen LogP contribution < -0.4 is 0 Å². The molecule has 0 amide bonds. The SMILES string of the molecule is CCCCCCCCCCCCCCCCCCCCc1ccccc1C(=O)O. The number of aryl methyl sites for hydroxylation is 1. The highest BCUT2D eigenvalue weighted by Gasteiger charge is 2.07. The summed E-state index contributed by atoms with van der Waals surface area (Å²) >= 11 is 0. The Balaban J connectivity index is 1.81. The second-order valence-electron chi connectivity index (χ2n) is 8.72. The summed E-state index contributed by atoms with van der Waals surface area (Å²) in [5.41, 5.74) is 1.45. The van der Waals surface area contributed by atoms with Gasteiger partial charge in [-0.1, -0.05) is 134 Å². The minimum Gasteiger partial charge on any atom is -0.478 e. The maximum atomic E-state index is 11.2. The van der Waals surface area contributed by atoms with E-state index in [0.717, 1.165) is 18.4 Å². The molecule has 0 fully saturated rings. The molecule has 0 bridgehead atoms. The van der Waals surface area contributed by atoms with Crippen LogP contribution >= 0.6 is 0 Å². The topological polar surface area (TPSA) is 37.3 Å². The van der Waals surface area contributed by atoms with E-state index in [0.29, 0.717) is 5.56 Å². The number of carbonyl (C=O) groups is 1. The standard InChI is InChI=1S/C27H46O2/c1-2-3-4-5-6-7-8-9-10-11-12-13-14-15-16-17-18-19-22-25-23-20-21-24-26(25)27(28)29/h20-21,23-24H,2-19,22H2,1H3,(H,28,29).